The van der Waals surface area contributed by atoms with E-state index >= 15 is 0 Å². The van der Waals surface area contributed by atoms with Crippen molar-refractivity contribution in [3.05, 3.63) is 35.1 Å². The first kappa shape index (κ1) is 11.5. The maximum atomic E-state index is 11.0. The molecule has 0 spiro atoms. The molecule has 0 fully saturated rings. The van der Waals surface area contributed by atoms with Gasteiger partial charge in [-0.1, -0.05) is 11.6 Å². The number of ether oxygens (including phenoxy) is 1. The summed E-state index contributed by atoms with van der Waals surface area (Å²) >= 11 is 5.57. The smallest absolute Gasteiger partial charge is 0.334 e. The number of pyridine rings is 1. The van der Waals surface area contributed by atoms with Crippen molar-refractivity contribution < 1.29 is 14.6 Å². The first-order valence-corrected chi connectivity index (χ1v) is 4.70. The number of halogens is 1. The Morgan fingerprint density at radius 1 is 1.67 bits per heavy atom. The van der Waals surface area contributed by atoms with Crippen LogP contribution in [0.4, 0.5) is 0 Å². The average molecular weight is 228 g/mol. The van der Waals surface area contributed by atoms with E-state index in [9.17, 15) is 9.90 Å². The van der Waals surface area contributed by atoms with Crippen LogP contribution in [0.25, 0.3) is 5.76 Å². The molecule has 0 atom stereocenters. The van der Waals surface area contributed by atoms with Crippen LogP contribution in [0.2, 0.25) is 5.15 Å². The fourth-order valence-electron chi connectivity index (χ4n) is 0.906. The maximum Gasteiger partial charge on any atom is 0.334 e. The highest BCUT2D eigenvalue weighted by atomic mass is 35.5. The Labute approximate surface area is 92.2 Å². The minimum Gasteiger partial charge on any atom is -0.507 e. The molecular formula is C10H10ClNO3. The largest absolute Gasteiger partial charge is 0.507 e. The molecule has 0 aromatic carbocycles. The van der Waals surface area contributed by atoms with E-state index in [1.54, 1.807) is 13.0 Å². The van der Waals surface area contributed by atoms with E-state index in [4.69, 9.17) is 11.6 Å². The summed E-state index contributed by atoms with van der Waals surface area (Å²) in [7, 11) is 0. The predicted molar refractivity (Wildman–Crippen MR) is 56.5 cm³/mol. The van der Waals surface area contributed by atoms with Gasteiger partial charge in [-0.2, -0.15) is 0 Å². The van der Waals surface area contributed by atoms with E-state index in [2.05, 4.69) is 9.72 Å². The van der Waals surface area contributed by atoms with Gasteiger partial charge in [-0.3, -0.25) is 0 Å². The van der Waals surface area contributed by atoms with Crippen molar-refractivity contribution in [1.29, 1.82) is 0 Å². The Morgan fingerprint density at radius 2 is 2.40 bits per heavy atom. The third kappa shape index (κ3) is 3.59. The first-order valence-electron chi connectivity index (χ1n) is 4.33. The summed E-state index contributed by atoms with van der Waals surface area (Å²) in [5.74, 6) is -0.789. The van der Waals surface area contributed by atoms with Gasteiger partial charge in [-0.25, -0.2) is 9.78 Å². The van der Waals surface area contributed by atoms with Crippen LogP contribution in [0, 0.1) is 0 Å². The van der Waals surface area contributed by atoms with Crippen molar-refractivity contribution in [2.45, 2.75) is 6.92 Å². The highest BCUT2D eigenvalue weighted by Gasteiger charge is 2.03. The van der Waals surface area contributed by atoms with Crippen LogP contribution >= 0.6 is 11.6 Å². The number of nitrogens with zero attached hydrogens (tertiary/aromatic N) is 1. The molecule has 0 saturated heterocycles. The molecule has 4 nitrogen and oxygen atoms in total. The van der Waals surface area contributed by atoms with Gasteiger partial charge < -0.3 is 9.84 Å². The molecule has 5 heteroatoms. The third-order valence-corrected chi connectivity index (χ3v) is 1.79. The van der Waals surface area contributed by atoms with Gasteiger partial charge >= 0.3 is 5.97 Å². The topological polar surface area (TPSA) is 59.4 Å². The van der Waals surface area contributed by atoms with Crippen molar-refractivity contribution in [1.82, 2.24) is 4.98 Å². The lowest BCUT2D eigenvalue weighted by molar-refractivity contribution is -0.137. The van der Waals surface area contributed by atoms with E-state index in [0.29, 0.717) is 10.7 Å². The van der Waals surface area contributed by atoms with E-state index < -0.39 is 5.97 Å². The molecular weight excluding hydrogens is 218 g/mol. The molecule has 1 aromatic heterocycles. The molecule has 0 aliphatic rings. The Morgan fingerprint density at radius 3 is 2.93 bits per heavy atom. The third-order valence-electron chi connectivity index (χ3n) is 1.56. The molecule has 80 valence electrons. The minimum atomic E-state index is -0.593. The second kappa shape index (κ2) is 5.36. The van der Waals surface area contributed by atoms with Gasteiger partial charge in [0, 0.05) is 11.8 Å². The summed E-state index contributed by atoms with van der Waals surface area (Å²) in [5.41, 5.74) is 0.410. The number of esters is 1. The summed E-state index contributed by atoms with van der Waals surface area (Å²) in [5, 5.41) is 9.81. The van der Waals surface area contributed by atoms with Crippen molar-refractivity contribution in [2.24, 2.45) is 0 Å². The Bertz CT molecular complexity index is 373. The number of aromatic nitrogens is 1. The van der Waals surface area contributed by atoms with E-state index in [-0.39, 0.29) is 12.4 Å². The van der Waals surface area contributed by atoms with Gasteiger partial charge in [0.05, 0.1) is 12.7 Å². The number of aliphatic hydroxyl groups excluding tert-OH is 1. The molecule has 0 radical (unpaired) electrons. The van der Waals surface area contributed by atoms with Gasteiger partial charge in [0.1, 0.15) is 10.9 Å². The van der Waals surface area contributed by atoms with Crippen LogP contribution in [0.1, 0.15) is 12.5 Å². The summed E-state index contributed by atoms with van der Waals surface area (Å²) < 4.78 is 4.64. The van der Waals surface area contributed by atoms with Gasteiger partial charge in [0.25, 0.3) is 0 Å². The number of carbonyl (C=O) groups is 1. The normalized spacial score (nSPS) is 11.2. The van der Waals surface area contributed by atoms with Crippen LogP contribution in [0.3, 0.4) is 0 Å². The standard InChI is InChI=1S/C10H10ClNO3/c1-2-15-10(14)5-8(13)7-3-4-9(11)12-6-7/h3-6,13H,2H2,1H3. The SMILES string of the molecule is CCOC(=O)C=C(O)c1ccc(Cl)nc1. The second-order valence-electron chi connectivity index (χ2n) is 2.65. The molecule has 0 amide bonds. The molecule has 1 heterocycles. The van der Waals surface area contributed by atoms with Crippen molar-refractivity contribution >= 4 is 23.3 Å². The van der Waals surface area contributed by atoms with Crippen LogP contribution in [-0.2, 0) is 9.53 Å². The first-order chi connectivity index (χ1) is 7.13. The molecule has 1 rings (SSSR count). The average Bonchev–Trinajstić information content (AvgIpc) is 2.18. The molecule has 15 heavy (non-hydrogen) atoms. The Balaban J connectivity index is 2.79. The molecule has 0 unspecified atom stereocenters. The van der Waals surface area contributed by atoms with E-state index in [1.807, 2.05) is 0 Å². The highest BCUT2D eigenvalue weighted by molar-refractivity contribution is 6.29. The summed E-state index contributed by atoms with van der Waals surface area (Å²) in [6.45, 7) is 1.95. The zero-order valence-corrected chi connectivity index (χ0v) is 8.86. The van der Waals surface area contributed by atoms with Crippen LogP contribution < -0.4 is 0 Å². The second-order valence-corrected chi connectivity index (χ2v) is 3.04. The zero-order valence-electron chi connectivity index (χ0n) is 8.11. The lowest BCUT2D eigenvalue weighted by Crippen LogP contribution is -2.00. The minimum absolute atomic E-state index is 0.197. The summed E-state index contributed by atoms with van der Waals surface area (Å²) in [6, 6.07) is 3.08. The fourth-order valence-corrected chi connectivity index (χ4v) is 1.02. The number of rotatable bonds is 3. The maximum absolute atomic E-state index is 11.0. The highest BCUT2D eigenvalue weighted by Crippen LogP contribution is 2.12. The number of aliphatic hydroxyl groups is 1. The van der Waals surface area contributed by atoms with Gasteiger partial charge in [-0.15, -0.1) is 0 Å². The Hall–Kier alpha value is -1.55. The molecule has 1 N–H and O–H groups in total. The summed E-state index contributed by atoms with van der Waals surface area (Å²) in [4.78, 5) is 14.8. The number of carbonyl (C=O) groups excluding carboxylic acids is 1. The Kier molecular flexibility index (Phi) is 4.12. The molecule has 0 aliphatic carbocycles. The van der Waals surface area contributed by atoms with E-state index in [0.717, 1.165) is 6.08 Å². The number of hydrogen-bond donors (Lipinski definition) is 1. The predicted octanol–water partition coefficient (Wildman–Crippen LogP) is 2.20. The fraction of sp³-hybridized carbons (Fsp3) is 0.200. The van der Waals surface area contributed by atoms with E-state index in [1.165, 1.54) is 12.3 Å². The lowest BCUT2D eigenvalue weighted by atomic mass is 10.2. The van der Waals surface area contributed by atoms with Crippen molar-refractivity contribution in [3.63, 3.8) is 0 Å². The van der Waals surface area contributed by atoms with Crippen LogP contribution in [-0.4, -0.2) is 22.7 Å². The molecule has 0 aliphatic heterocycles. The molecule has 1 aromatic rings. The van der Waals surface area contributed by atoms with Crippen molar-refractivity contribution in [3.8, 4) is 0 Å². The quantitative estimate of drug-likeness (QED) is 0.372. The lowest BCUT2D eigenvalue weighted by Gasteiger charge is -2.00. The van der Waals surface area contributed by atoms with Crippen molar-refractivity contribution in [2.75, 3.05) is 6.61 Å². The van der Waals surface area contributed by atoms with Gasteiger partial charge in [0.15, 0.2) is 0 Å². The molecule has 0 bridgehead atoms. The van der Waals surface area contributed by atoms with Crippen LogP contribution in [0.5, 0.6) is 0 Å². The molecule has 0 saturated carbocycles. The van der Waals surface area contributed by atoms with Gasteiger partial charge in [-0.05, 0) is 19.1 Å². The monoisotopic (exact) mass is 227 g/mol. The van der Waals surface area contributed by atoms with Gasteiger partial charge in [0.2, 0.25) is 0 Å². The zero-order chi connectivity index (χ0) is 11.3. The summed E-state index contributed by atoms with van der Waals surface area (Å²) in [6.07, 6.45) is 2.36. The number of hydrogen-bond acceptors (Lipinski definition) is 4. The van der Waals surface area contributed by atoms with Crippen LogP contribution in [0.15, 0.2) is 24.4 Å².